The lowest BCUT2D eigenvalue weighted by Crippen LogP contribution is -2.05. The number of carboxylic acids is 1. The van der Waals surface area contributed by atoms with E-state index in [1.54, 1.807) is 24.5 Å². The molecule has 0 fully saturated rings. The van der Waals surface area contributed by atoms with E-state index in [0.717, 1.165) is 16.0 Å². The molecule has 0 amide bonds. The summed E-state index contributed by atoms with van der Waals surface area (Å²) in [6.45, 7) is 0. The zero-order valence-electron chi connectivity index (χ0n) is 10.7. The topological polar surface area (TPSA) is 90.1 Å². The van der Waals surface area contributed by atoms with Crippen molar-refractivity contribution in [2.45, 2.75) is 0 Å². The first-order valence-electron chi connectivity index (χ1n) is 6.07. The van der Waals surface area contributed by atoms with Gasteiger partial charge >= 0.3 is 5.97 Å². The number of hydrogen-bond acceptors (Lipinski definition) is 5. The predicted molar refractivity (Wildman–Crippen MR) is 72.7 cm³/mol. The molecule has 21 heavy (non-hydrogen) atoms. The lowest BCUT2D eigenvalue weighted by molar-refractivity contribution is 0.0690. The fourth-order valence-electron chi connectivity index (χ4n) is 1.75. The highest BCUT2D eigenvalue weighted by Gasteiger charge is 2.09. The van der Waals surface area contributed by atoms with Crippen molar-refractivity contribution in [1.82, 2.24) is 20.1 Å². The molecule has 0 spiro atoms. The Labute approximate surface area is 119 Å². The number of benzene rings is 1. The maximum Gasteiger partial charge on any atom is 0.358 e. The van der Waals surface area contributed by atoms with Gasteiger partial charge in [0.05, 0.1) is 0 Å². The highest BCUT2D eigenvalue weighted by Crippen LogP contribution is 2.21. The number of hydrogen-bond donors (Lipinski definition) is 1. The Morgan fingerprint density at radius 2 is 1.71 bits per heavy atom. The fraction of sp³-hybridized carbons (Fsp3) is 0. The molecule has 7 nitrogen and oxygen atoms in total. The molecule has 1 aromatic carbocycles. The van der Waals surface area contributed by atoms with Crippen LogP contribution in [-0.4, -0.2) is 31.2 Å². The van der Waals surface area contributed by atoms with Gasteiger partial charge in [-0.25, -0.2) is 4.79 Å². The summed E-state index contributed by atoms with van der Waals surface area (Å²) in [7, 11) is 0. The smallest absolute Gasteiger partial charge is 0.358 e. The first kappa shape index (κ1) is 12.8. The van der Waals surface area contributed by atoms with Crippen molar-refractivity contribution < 1.29 is 14.7 Å². The van der Waals surface area contributed by atoms with Crippen LogP contribution in [-0.2, 0) is 0 Å². The SMILES string of the molecule is O=C(O)c1cn(Oc2ccc(-c3ccncc3)cc2)nn1. The van der Waals surface area contributed by atoms with Crippen LogP contribution in [0.3, 0.4) is 0 Å². The molecule has 0 atom stereocenters. The van der Waals surface area contributed by atoms with E-state index < -0.39 is 5.97 Å². The second kappa shape index (κ2) is 5.41. The van der Waals surface area contributed by atoms with E-state index in [9.17, 15) is 4.79 Å². The van der Waals surface area contributed by atoms with E-state index in [-0.39, 0.29) is 5.69 Å². The second-order valence-corrected chi connectivity index (χ2v) is 4.16. The van der Waals surface area contributed by atoms with Gasteiger partial charge in [0.2, 0.25) is 0 Å². The number of carbonyl (C=O) groups is 1. The summed E-state index contributed by atoms with van der Waals surface area (Å²) < 4.78 is 0. The quantitative estimate of drug-likeness (QED) is 0.785. The van der Waals surface area contributed by atoms with Crippen LogP contribution < -0.4 is 4.84 Å². The Bertz CT molecular complexity index is 753. The molecule has 7 heteroatoms. The third-order valence-electron chi connectivity index (χ3n) is 2.76. The van der Waals surface area contributed by atoms with Crippen LogP contribution in [0.4, 0.5) is 0 Å². The average molecular weight is 282 g/mol. The van der Waals surface area contributed by atoms with Crippen LogP contribution >= 0.6 is 0 Å². The van der Waals surface area contributed by atoms with Crippen LogP contribution in [0.15, 0.2) is 55.0 Å². The molecule has 3 aromatic rings. The van der Waals surface area contributed by atoms with Crippen molar-refractivity contribution in [2.75, 3.05) is 0 Å². The van der Waals surface area contributed by atoms with Gasteiger partial charge in [0.15, 0.2) is 11.4 Å². The van der Waals surface area contributed by atoms with E-state index in [0.29, 0.717) is 5.75 Å². The molecule has 0 aliphatic carbocycles. The van der Waals surface area contributed by atoms with Crippen LogP contribution in [0, 0.1) is 0 Å². The van der Waals surface area contributed by atoms with E-state index in [4.69, 9.17) is 9.94 Å². The molecular formula is C14H10N4O3. The zero-order chi connectivity index (χ0) is 14.7. The van der Waals surface area contributed by atoms with Crippen molar-refractivity contribution in [3.8, 4) is 16.9 Å². The van der Waals surface area contributed by atoms with Gasteiger partial charge in [-0.3, -0.25) is 4.98 Å². The molecule has 2 heterocycles. The zero-order valence-corrected chi connectivity index (χ0v) is 10.7. The number of nitrogens with zero attached hydrogens (tertiary/aromatic N) is 4. The Balaban J connectivity index is 1.76. The third-order valence-corrected chi connectivity index (χ3v) is 2.76. The summed E-state index contributed by atoms with van der Waals surface area (Å²) >= 11 is 0. The molecule has 0 aliphatic heterocycles. The first-order chi connectivity index (χ1) is 10.2. The van der Waals surface area contributed by atoms with E-state index in [1.165, 1.54) is 6.20 Å². The molecule has 0 saturated heterocycles. The molecule has 0 aliphatic rings. The number of rotatable bonds is 4. The lowest BCUT2D eigenvalue weighted by Gasteiger charge is -2.05. The molecule has 0 bridgehead atoms. The molecule has 2 aromatic heterocycles. The van der Waals surface area contributed by atoms with Crippen LogP contribution in [0.2, 0.25) is 0 Å². The van der Waals surface area contributed by atoms with E-state index in [2.05, 4.69) is 15.3 Å². The van der Waals surface area contributed by atoms with Crippen LogP contribution in [0.25, 0.3) is 11.1 Å². The van der Waals surface area contributed by atoms with Gasteiger partial charge in [0.1, 0.15) is 6.20 Å². The van der Waals surface area contributed by atoms with Crippen LogP contribution in [0.5, 0.6) is 5.75 Å². The van der Waals surface area contributed by atoms with Gasteiger partial charge < -0.3 is 9.94 Å². The van der Waals surface area contributed by atoms with Gasteiger partial charge in [0, 0.05) is 12.4 Å². The molecule has 0 saturated carbocycles. The Kier molecular flexibility index (Phi) is 3.30. The lowest BCUT2D eigenvalue weighted by atomic mass is 10.1. The second-order valence-electron chi connectivity index (χ2n) is 4.16. The Morgan fingerprint density at radius 1 is 1.05 bits per heavy atom. The van der Waals surface area contributed by atoms with Gasteiger partial charge in [-0.1, -0.05) is 17.0 Å². The minimum absolute atomic E-state index is 0.177. The van der Waals surface area contributed by atoms with E-state index in [1.807, 2.05) is 24.3 Å². The normalized spacial score (nSPS) is 10.3. The van der Waals surface area contributed by atoms with Gasteiger partial charge in [-0.15, -0.1) is 5.10 Å². The van der Waals surface area contributed by atoms with Crippen LogP contribution in [0.1, 0.15) is 10.5 Å². The molecule has 0 radical (unpaired) electrons. The third kappa shape index (κ3) is 2.86. The monoisotopic (exact) mass is 282 g/mol. The highest BCUT2D eigenvalue weighted by molar-refractivity contribution is 5.84. The summed E-state index contributed by atoms with van der Waals surface area (Å²) in [5.41, 5.74) is 1.89. The highest BCUT2D eigenvalue weighted by atomic mass is 16.7. The van der Waals surface area contributed by atoms with Crippen molar-refractivity contribution >= 4 is 5.97 Å². The van der Waals surface area contributed by atoms with Crippen molar-refractivity contribution in [3.63, 3.8) is 0 Å². The van der Waals surface area contributed by atoms with Gasteiger partial charge in [-0.05, 0) is 40.6 Å². The number of pyridine rings is 1. The Morgan fingerprint density at radius 3 is 2.33 bits per heavy atom. The largest absolute Gasteiger partial charge is 0.476 e. The molecule has 3 rings (SSSR count). The maximum absolute atomic E-state index is 10.7. The fourth-order valence-corrected chi connectivity index (χ4v) is 1.75. The first-order valence-corrected chi connectivity index (χ1v) is 6.07. The molecule has 104 valence electrons. The van der Waals surface area contributed by atoms with Crippen molar-refractivity contribution in [2.24, 2.45) is 0 Å². The summed E-state index contributed by atoms with van der Waals surface area (Å²) in [6.07, 6.45) is 4.64. The standard InChI is InChI=1S/C14H10N4O3/c19-14(20)13-9-18(17-16-13)21-12-3-1-10(2-4-12)11-5-7-15-8-6-11/h1-9H,(H,19,20). The summed E-state index contributed by atoms with van der Waals surface area (Å²) in [4.78, 5) is 21.0. The average Bonchev–Trinajstić information content (AvgIpc) is 2.98. The van der Waals surface area contributed by atoms with Crippen molar-refractivity contribution in [3.05, 3.63) is 60.7 Å². The molecular weight excluding hydrogens is 272 g/mol. The van der Waals surface area contributed by atoms with Gasteiger partial charge in [-0.2, -0.15) is 0 Å². The minimum Gasteiger partial charge on any atom is -0.476 e. The number of aromatic carboxylic acids is 1. The summed E-state index contributed by atoms with van der Waals surface area (Å²) in [5.74, 6) is -0.632. The molecule has 0 unspecified atom stereocenters. The van der Waals surface area contributed by atoms with E-state index >= 15 is 0 Å². The maximum atomic E-state index is 10.7. The number of aromatic nitrogens is 4. The summed E-state index contributed by atoms with van der Waals surface area (Å²) in [5, 5.41) is 15.8. The Hall–Kier alpha value is -3.22. The summed E-state index contributed by atoms with van der Waals surface area (Å²) in [6, 6.07) is 11.1. The van der Waals surface area contributed by atoms with Gasteiger partial charge in [0.25, 0.3) is 0 Å². The predicted octanol–water partition coefficient (Wildman–Crippen LogP) is 1.88. The minimum atomic E-state index is -1.15. The molecule has 1 N–H and O–H groups in total. The number of carboxylic acid groups (broad SMARTS) is 1. The van der Waals surface area contributed by atoms with Crippen molar-refractivity contribution in [1.29, 1.82) is 0 Å².